The Labute approximate surface area is 216 Å². The molecule has 192 valence electrons. The fourth-order valence-electron chi connectivity index (χ4n) is 4.55. The molecule has 0 aromatic heterocycles. The molecular formula is C29H31N3O5. The number of amides is 4. The number of benzene rings is 3. The number of ether oxygens (including phenoxy) is 2. The van der Waals surface area contributed by atoms with E-state index in [2.05, 4.69) is 24.5 Å². The third kappa shape index (κ3) is 4.87. The van der Waals surface area contributed by atoms with Crippen molar-refractivity contribution in [1.82, 2.24) is 10.2 Å². The van der Waals surface area contributed by atoms with Crippen molar-refractivity contribution in [3.63, 3.8) is 0 Å². The maximum Gasteiger partial charge on any atom is 0.326 e. The molecule has 0 radical (unpaired) electrons. The minimum Gasteiger partial charge on any atom is -0.497 e. The predicted molar refractivity (Wildman–Crippen MR) is 141 cm³/mol. The van der Waals surface area contributed by atoms with E-state index in [0.29, 0.717) is 28.3 Å². The molecule has 8 nitrogen and oxygen atoms in total. The number of para-hydroxylation sites is 1. The van der Waals surface area contributed by atoms with Crippen LogP contribution in [0.4, 0.5) is 10.5 Å². The summed E-state index contributed by atoms with van der Waals surface area (Å²) in [5.74, 6) is 0.465. The molecule has 4 rings (SSSR count). The zero-order chi connectivity index (χ0) is 26.6. The van der Waals surface area contributed by atoms with Gasteiger partial charge in [-0.15, -0.1) is 0 Å². The van der Waals surface area contributed by atoms with Crippen LogP contribution in [0.25, 0.3) is 0 Å². The number of imide groups is 1. The summed E-state index contributed by atoms with van der Waals surface area (Å²) in [5.41, 5.74) is 1.25. The third-order valence-electron chi connectivity index (χ3n) is 6.83. The van der Waals surface area contributed by atoms with Gasteiger partial charge in [0.2, 0.25) is 5.91 Å². The molecule has 4 amide bonds. The highest BCUT2D eigenvalue weighted by atomic mass is 16.5. The van der Waals surface area contributed by atoms with Crippen LogP contribution in [0.2, 0.25) is 0 Å². The Balaban J connectivity index is 1.66. The van der Waals surface area contributed by atoms with E-state index in [1.165, 1.54) is 0 Å². The first-order valence-corrected chi connectivity index (χ1v) is 12.2. The average molecular weight is 502 g/mol. The summed E-state index contributed by atoms with van der Waals surface area (Å²) in [6.07, 6.45) is 0.909. The number of hydrogen-bond donors (Lipinski definition) is 2. The summed E-state index contributed by atoms with van der Waals surface area (Å²) in [4.78, 5) is 41.1. The molecule has 0 unspecified atom stereocenters. The van der Waals surface area contributed by atoms with Crippen molar-refractivity contribution in [2.75, 3.05) is 26.1 Å². The van der Waals surface area contributed by atoms with Crippen molar-refractivity contribution in [2.45, 2.75) is 31.7 Å². The van der Waals surface area contributed by atoms with Gasteiger partial charge in [0.25, 0.3) is 5.91 Å². The van der Waals surface area contributed by atoms with E-state index in [-0.39, 0.29) is 5.92 Å². The van der Waals surface area contributed by atoms with Crippen LogP contribution in [-0.2, 0) is 15.1 Å². The second kappa shape index (κ2) is 10.7. The number of urea groups is 1. The number of nitrogens with one attached hydrogen (secondary N) is 2. The molecule has 0 saturated carbocycles. The van der Waals surface area contributed by atoms with E-state index in [9.17, 15) is 14.4 Å². The van der Waals surface area contributed by atoms with Crippen LogP contribution in [0.3, 0.4) is 0 Å². The highest BCUT2D eigenvalue weighted by Gasteiger charge is 2.54. The Morgan fingerprint density at radius 2 is 1.46 bits per heavy atom. The Hall–Kier alpha value is -4.33. The van der Waals surface area contributed by atoms with E-state index >= 15 is 0 Å². The van der Waals surface area contributed by atoms with Crippen molar-refractivity contribution >= 4 is 23.5 Å². The molecule has 37 heavy (non-hydrogen) atoms. The van der Waals surface area contributed by atoms with Gasteiger partial charge in [-0.2, -0.15) is 0 Å². The lowest BCUT2D eigenvalue weighted by atomic mass is 9.82. The molecule has 1 fully saturated rings. The summed E-state index contributed by atoms with van der Waals surface area (Å²) >= 11 is 0. The number of rotatable bonds is 9. The number of anilines is 1. The first-order valence-electron chi connectivity index (χ1n) is 12.2. The highest BCUT2D eigenvalue weighted by Crippen LogP contribution is 2.37. The maximum atomic E-state index is 14.0. The van der Waals surface area contributed by atoms with Crippen molar-refractivity contribution in [2.24, 2.45) is 0 Å². The first kappa shape index (κ1) is 25.8. The van der Waals surface area contributed by atoms with E-state index in [4.69, 9.17) is 9.47 Å². The summed E-state index contributed by atoms with van der Waals surface area (Å²) in [6, 6.07) is 20.7. The minimum atomic E-state index is -1.51. The number of methoxy groups -OCH3 is 2. The predicted octanol–water partition coefficient (Wildman–Crippen LogP) is 4.65. The molecule has 0 bridgehead atoms. The molecule has 0 spiro atoms. The van der Waals surface area contributed by atoms with Crippen molar-refractivity contribution in [3.8, 4) is 11.5 Å². The molecular weight excluding hydrogens is 470 g/mol. The average Bonchev–Trinajstić information content (AvgIpc) is 3.18. The van der Waals surface area contributed by atoms with Gasteiger partial charge in [-0.1, -0.05) is 56.3 Å². The molecule has 1 saturated heterocycles. The lowest BCUT2D eigenvalue weighted by Crippen LogP contribution is -2.45. The zero-order valence-electron chi connectivity index (χ0n) is 21.4. The normalized spacial score (nSPS) is 15.2. The highest BCUT2D eigenvalue weighted by molar-refractivity contribution is 6.12. The molecule has 0 aliphatic carbocycles. The van der Waals surface area contributed by atoms with Crippen molar-refractivity contribution in [3.05, 3.63) is 89.5 Å². The number of carbonyl (C=O) groups excluding carboxylic acids is 3. The van der Waals surface area contributed by atoms with Gasteiger partial charge in [0.1, 0.15) is 18.0 Å². The Morgan fingerprint density at radius 1 is 0.919 bits per heavy atom. The summed E-state index contributed by atoms with van der Waals surface area (Å²) in [6.45, 7) is 3.74. The van der Waals surface area contributed by atoms with Crippen LogP contribution in [0.5, 0.6) is 11.5 Å². The monoisotopic (exact) mass is 501 g/mol. The first-order chi connectivity index (χ1) is 17.8. The van der Waals surface area contributed by atoms with Crippen LogP contribution in [0.1, 0.15) is 42.9 Å². The standard InChI is InChI=1S/C29H31N3O5/c1-5-19(2)24-8-6-7-9-25(24)30-26(33)18-32-27(34)29(31-28(32)35,20-10-14-22(36-3)15-11-20)21-12-16-23(37-4)17-13-21/h6-17,19H,5,18H2,1-4H3,(H,30,33)(H,31,35)/t19-/m0/s1. The number of nitrogens with zero attached hydrogens (tertiary/aromatic N) is 1. The number of hydrogen-bond acceptors (Lipinski definition) is 5. The SMILES string of the molecule is CC[C@H](C)c1ccccc1NC(=O)CN1C(=O)NC(c2ccc(OC)cc2)(c2ccc(OC)cc2)C1=O. The van der Waals surface area contributed by atoms with E-state index in [1.54, 1.807) is 62.8 Å². The molecule has 2 N–H and O–H groups in total. The Bertz CT molecular complexity index is 1240. The Morgan fingerprint density at radius 3 is 1.97 bits per heavy atom. The van der Waals surface area contributed by atoms with Crippen LogP contribution in [0, 0.1) is 0 Å². The van der Waals surface area contributed by atoms with Gasteiger partial charge in [-0.05, 0) is 59.4 Å². The lowest BCUT2D eigenvalue weighted by Gasteiger charge is -2.28. The quantitative estimate of drug-likeness (QED) is 0.416. The largest absolute Gasteiger partial charge is 0.497 e. The maximum absolute atomic E-state index is 14.0. The van der Waals surface area contributed by atoms with Gasteiger partial charge in [0.15, 0.2) is 5.54 Å². The van der Waals surface area contributed by atoms with Gasteiger partial charge < -0.3 is 20.1 Å². The van der Waals surface area contributed by atoms with Crippen LogP contribution < -0.4 is 20.1 Å². The van der Waals surface area contributed by atoms with Gasteiger partial charge in [0.05, 0.1) is 14.2 Å². The number of carbonyl (C=O) groups is 3. The van der Waals surface area contributed by atoms with Gasteiger partial charge in [-0.3, -0.25) is 14.5 Å². The van der Waals surface area contributed by atoms with Crippen LogP contribution in [-0.4, -0.2) is 43.5 Å². The fraction of sp³-hybridized carbons (Fsp3) is 0.276. The molecule has 3 aromatic rings. The van der Waals surface area contributed by atoms with Gasteiger partial charge >= 0.3 is 6.03 Å². The lowest BCUT2D eigenvalue weighted by molar-refractivity contribution is -0.133. The van der Waals surface area contributed by atoms with Crippen molar-refractivity contribution in [1.29, 1.82) is 0 Å². The van der Waals surface area contributed by atoms with E-state index in [0.717, 1.165) is 16.9 Å². The van der Waals surface area contributed by atoms with E-state index in [1.807, 2.05) is 24.3 Å². The molecule has 1 aliphatic rings. The minimum absolute atomic E-state index is 0.242. The molecule has 1 heterocycles. The molecule has 1 atom stereocenters. The molecule has 3 aromatic carbocycles. The zero-order valence-corrected chi connectivity index (χ0v) is 21.4. The van der Waals surface area contributed by atoms with Crippen LogP contribution in [0.15, 0.2) is 72.8 Å². The van der Waals surface area contributed by atoms with Gasteiger partial charge in [0, 0.05) is 5.69 Å². The summed E-state index contributed by atoms with van der Waals surface area (Å²) in [7, 11) is 3.10. The second-order valence-electron chi connectivity index (χ2n) is 8.97. The molecule has 8 heteroatoms. The van der Waals surface area contributed by atoms with E-state index < -0.39 is 29.9 Å². The fourth-order valence-corrected chi connectivity index (χ4v) is 4.55. The smallest absolute Gasteiger partial charge is 0.326 e. The van der Waals surface area contributed by atoms with Gasteiger partial charge in [-0.25, -0.2) is 4.79 Å². The molecule has 1 aliphatic heterocycles. The summed E-state index contributed by atoms with van der Waals surface area (Å²) < 4.78 is 10.5. The second-order valence-corrected chi connectivity index (χ2v) is 8.97. The van der Waals surface area contributed by atoms with Crippen molar-refractivity contribution < 1.29 is 23.9 Å². The topological polar surface area (TPSA) is 97.0 Å². The summed E-state index contributed by atoms with van der Waals surface area (Å²) in [5, 5.41) is 5.74. The third-order valence-corrected chi connectivity index (χ3v) is 6.83. The van der Waals surface area contributed by atoms with Crippen LogP contribution >= 0.6 is 0 Å². The Kier molecular flexibility index (Phi) is 7.47.